The third-order valence-electron chi connectivity index (χ3n) is 4.01. The fraction of sp³-hybridized carbons (Fsp3) is 0.200. The zero-order chi connectivity index (χ0) is 20.3. The molecular weight excluding hydrogens is 399 g/mol. The van der Waals surface area contributed by atoms with E-state index in [0.717, 1.165) is 5.56 Å². The van der Waals surface area contributed by atoms with E-state index in [1.54, 1.807) is 24.3 Å². The molecule has 0 aliphatic heterocycles. The van der Waals surface area contributed by atoms with Crippen LogP contribution in [0.4, 0.5) is 0 Å². The number of nitrogens with one attached hydrogen (secondary N) is 2. The summed E-state index contributed by atoms with van der Waals surface area (Å²) < 4.78 is 0. The molecule has 3 aromatic rings. The van der Waals surface area contributed by atoms with E-state index < -0.39 is 0 Å². The lowest BCUT2D eigenvalue weighted by molar-refractivity contribution is -0.124. The van der Waals surface area contributed by atoms with Gasteiger partial charge >= 0.3 is 0 Å². The van der Waals surface area contributed by atoms with Gasteiger partial charge in [0, 0.05) is 30.3 Å². The predicted octanol–water partition coefficient (Wildman–Crippen LogP) is 4.08. The highest BCUT2D eigenvalue weighted by Gasteiger charge is 2.12. The number of amides is 1. The molecule has 0 atom stereocenters. The van der Waals surface area contributed by atoms with Crippen LogP contribution < -0.4 is 10.9 Å². The average Bonchev–Trinajstić information content (AvgIpc) is 2.67. The van der Waals surface area contributed by atoms with Crippen LogP contribution in [-0.2, 0) is 11.3 Å². The van der Waals surface area contributed by atoms with Crippen LogP contribution in [0.5, 0.6) is 0 Å². The zero-order valence-electron chi connectivity index (χ0n) is 15.3. The Hall–Kier alpha value is -2.70. The van der Waals surface area contributed by atoms with Gasteiger partial charge in [0.05, 0.1) is 21.4 Å². The molecule has 2 aromatic heterocycles. The third kappa shape index (κ3) is 4.77. The van der Waals surface area contributed by atoms with Gasteiger partial charge in [-0.05, 0) is 29.8 Å². The van der Waals surface area contributed by atoms with Crippen molar-refractivity contribution in [2.75, 3.05) is 0 Å². The molecule has 0 saturated carbocycles. The fourth-order valence-corrected chi connectivity index (χ4v) is 2.82. The van der Waals surface area contributed by atoms with E-state index in [1.807, 2.05) is 19.9 Å². The Morgan fingerprint density at radius 3 is 2.61 bits per heavy atom. The lowest BCUT2D eigenvalue weighted by Crippen LogP contribution is -2.27. The standard InChI is InChI=1S/C20H18Cl2N4O2/c1-11(2)20(28)24-9-12-3-5-15(22)14(7-12)19-25-17(8-18(27)26-19)16-6-4-13(21)10-23-16/h3-8,10-11H,9H2,1-2H3,(H,24,28)(H,25,26,27). The van der Waals surface area contributed by atoms with Gasteiger partial charge in [-0.2, -0.15) is 0 Å². The summed E-state index contributed by atoms with van der Waals surface area (Å²) in [5.41, 5.74) is 2.00. The van der Waals surface area contributed by atoms with Crippen LogP contribution in [0.1, 0.15) is 19.4 Å². The summed E-state index contributed by atoms with van der Waals surface area (Å²) in [6.07, 6.45) is 1.49. The molecular formula is C20H18Cl2N4O2. The van der Waals surface area contributed by atoms with Crippen molar-refractivity contribution in [3.63, 3.8) is 0 Å². The maximum Gasteiger partial charge on any atom is 0.251 e. The molecule has 0 aliphatic rings. The molecule has 28 heavy (non-hydrogen) atoms. The highest BCUT2D eigenvalue weighted by molar-refractivity contribution is 6.33. The quantitative estimate of drug-likeness (QED) is 0.655. The van der Waals surface area contributed by atoms with Gasteiger partial charge in [-0.1, -0.05) is 43.1 Å². The Morgan fingerprint density at radius 1 is 1.14 bits per heavy atom. The molecule has 1 aromatic carbocycles. The van der Waals surface area contributed by atoms with Crippen LogP contribution in [0, 0.1) is 5.92 Å². The summed E-state index contributed by atoms with van der Waals surface area (Å²) in [7, 11) is 0. The number of rotatable bonds is 5. The summed E-state index contributed by atoms with van der Waals surface area (Å²) in [6, 6.07) is 10.0. The summed E-state index contributed by atoms with van der Waals surface area (Å²) in [5, 5.41) is 3.78. The lowest BCUT2D eigenvalue weighted by Gasteiger charge is -2.11. The van der Waals surface area contributed by atoms with Gasteiger partial charge in [0.2, 0.25) is 5.91 Å². The molecule has 0 saturated heterocycles. The second-order valence-electron chi connectivity index (χ2n) is 6.53. The van der Waals surface area contributed by atoms with E-state index in [-0.39, 0.29) is 17.4 Å². The Kier molecular flexibility index (Phi) is 6.11. The number of hydrogen-bond donors (Lipinski definition) is 2. The predicted molar refractivity (Wildman–Crippen MR) is 110 cm³/mol. The Morgan fingerprint density at radius 2 is 1.93 bits per heavy atom. The summed E-state index contributed by atoms with van der Waals surface area (Å²) in [4.78, 5) is 35.4. The summed E-state index contributed by atoms with van der Waals surface area (Å²) in [6.45, 7) is 4.00. The Bertz CT molecular complexity index is 1060. The van der Waals surface area contributed by atoms with Crippen molar-refractivity contribution in [1.29, 1.82) is 0 Å². The molecule has 0 radical (unpaired) electrons. The second-order valence-corrected chi connectivity index (χ2v) is 7.37. The van der Waals surface area contributed by atoms with Gasteiger partial charge < -0.3 is 10.3 Å². The SMILES string of the molecule is CC(C)C(=O)NCc1ccc(Cl)c(-c2nc(-c3ccc(Cl)cn3)cc(=O)[nH]2)c1. The van der Waals surface area contributed by atoms with Crippen LogP contribution in [0.15, 0.2) is 47.4 Å². The van der Waals surface area contributed by atoms with Crippen LogP contribution >= 0.6 is 23.2 Å². The summed E-state index contributed by atoms with van der Waals surface area (Å²) in [5.74, 6) is 0.175. The van der Waals surface area contributed by atoms with Gasteiger partial charge in [-0.25, -0.2) is 4.98 Å². The normalized spacial score (nSPS) is 10.9. The minimum atomic E-state index is -0.327. The first-order valence-electron chi connectivity index (χ1n) is 8.63. The van der Waals surface area contributed by atoms with Crippen LogP contribution in [0.3, 0.4) is 0 Å². The lowest BCUT2D eigenvalue weighted by atomic mass is 10.1. The van der Waals surface area contributed by atoms with Gasteiger partial charge in [0.1, 0.15) is 5.82 Å². The number of H-pyrrole nitrogens is 1. The van der Waals surface area contributed by atoms with Gasteiger partial charge in [0.25, 0.3) is 5.56 Å². The molecule has 1 amide bonds. The molecule has 144 valence electrons. The van der Waals surface area contributed by atoms with E-state index in [2.05, 4.69) is 20.3 Å². The largest absolute Gasteiger partial charge is 0.352 e. The van der Waals surface area contributed by atoms with Crippen molar-refractivity contribution in [2.45, 2.75) is 20.4 Å². The van der Waals surface area contributed by atoms with Crippen molar-refractivity contribution >= 4 is 29.1 Å². The van der Waals surface area contributed by atoms with Gasteiger partial charge in [-0.3, -0.25) is 14.6 Å². The van der Waals surface area contributed by atoms with Crippen molar-refractivity contribution in [1.82, 2.24) is 20.3 Å². The zero-order valence-corrected chi connectivity index (χ0v) is 16.8. The summed E-state index contributed by atoms with van der Waals surface area (Å²) >= 11 is 12.2. The molecule has 0 fully saturated rings. The highest BCUT2D eigenvalue weighted by Crippen LogP contribution is 2.27. The van der Waals surface area contributed by atoms with Crippen LogP contribution in [0.2, 0.25) is 10.0 Å². The number of aromatic amines is 1. The highest BCUT2D eigenvalue weighted by atomic mass is 35.5. The maximum absolute atomic E-state index is 12.2. The van der Waals surface area contributed by atoms with E-state index >= 15 is 0 Å². The molecule has 3 rings (SSSR count). The van der Waals surface area contributed by atoms with Crippen molar-refractivity contribution in [3.8, 4) is 22.8 Å². The topological polar surface area (TPSA) is 87.7 Å². The molecule has 2 N–H and O–H groups in total. The number of carbonyl (C=O) groups is 1. The maximum atomic E-state index is 12.2. The van der Waals surface area contributed by atoms with Gasteiger partial charge in [-0.15, -0.1) is 0 Å². The Balaban J connectivity index is 1.96. The number of nitrogens with zero attached hydrogens (tertiary/aromatic N) is 2. The number of benzene rings is 1. The second kappa shape index (κ2) is 8.54. The smallest absolute Gasteiger partial charge is 0.251 e. The molecule has 8 heteroatoms. The first-order valence-corrected chi connectivity index (χ1v) is 9.39. The minimum Gasteiger partial charge on any atom is -0.352 e. The van der Waals surface area contributed by atoms with E-state index in [9.17, 15) is 9.59 Å². The van der Waals surface area contributed by atoms with Crippen molar-refractivity contribution < 1.29 is 4.79 Å². The molecule has 0 aliphatic carbocycles. The first-order chi connectivity index (χ1) is 13.3. The van der Waals surface area contributed by atoms with E-state index in [0.29, 0.717) is 39.4 Å². The monoisotopic (exact) mass is 416 g/mol. The third-order valence-corrected chi connectivity index (χ3v) is 4.56. The minimum absolute atomic E-state index is 0.0427. The molecule has 6 nitrogen and oxygen atoms in total. The molecule has 0 unspecified atom stereocenters. The average molecular weight is 417 g/mol. The molecule has 2 heterocycles. The van der Waals surface area contributed by atoms with E-state index in [4.69, 9.17) is 23.2 Å². The van der Waals surface area contributed by atoms with Crippen LogP contribution in [0.25, 0.3) is 22.8 Å². The fourth-order valence-electron chi connectivity index (χ4n) is 2.50. The van der Waals surface area contributed by atoms with E-state index in [1.165, 1.54) is 12.3 Å². The number of aromatic nitrogens is 3. The first kappa shape index (κ1) is 20.0. The Labute approximate surface area is 172 Å². The van der Waals surface area contributed by atoms with Crippen molar-refractivity contribution in [2.24, 2.45) is 5.92 Å². The number of pyridine rings is 1. The molecule has 0 bridgehead atoms. The number of halogens is 2. The van der Waals surface area contributed by atoms with Crippen LogP contribution in [-0.4, -0.2) is 20.9 Å². The van der Waals surface area contributed by atoms with Crippen molar-refractivity contribution in [3.05, 3.63) is 68.6 Å². The number of hydrogen-bond acceptors (Lipinski definition) is 4. The van der Waals surface area contributed by atoms with Gasteiger partial charge in [0.15, 0.2) is 0 Å². The molecule has 0 spiro atoms. The number of carbonyl (C=O) groups excluding carboxylic acids is 1.